The fourth-order valence-corrected chi connectivity index (χ4v) is 2.84. The van der Waals surface area contributed by atoms with Gasteiger partial charge in [0.25, 0.3) is 0 Å². The summed E-state index contributed by atoms with van der Waals surface area (Å²) in [6, 6.07) is -0.237. The highest BCUT2D eigenvalue weighted by Gasteiger charge is 2.37. The van der Waals surface area contributed by atoms with Gasteiger partial charge in [-0.3, -0.25) is 0 Å². The van der Waals surface area contributed by atoms with E-state index in [0.29, 0.717) is 18.6 Å². The van der Waals surface area contributed by atoms with Gasteiger partial charge in [-0.2, -0.15) is 0 Å². The normalized spacial score (nSPS) is 25.4. The van der Waals surface area contributed by atoms with Gasteiger partial charge in [0, 0.05) is 17.2 Å². The predicted octanol–water partition coefficient (Wildman–Crippen LogP) is 2.57. The number of aliphatic hydroxyl groups is 1. The Balaban J connectivity index is 2.98. The van der Waals surface area contributed by atoms with Crippen LogP contribution in [0.15, 0.2) is 11.6 Å². The van der Waals surface area contributed by atoms with Crippen molar-refractivity contribution in [2.45, 2.75) is 90.7 Å². The van der Waals surface area contributed by atoms with Crippen molar-refractivity contribution in [3.63, 3.8) is 0 Å². The molecule has 0 aromatic heterocycles. The first-order chi connectivity index (χ1) is 10.7. The largest absolute Gasteiger partial charge is 0.463 e. The summed E-state index contributed by atoms with van der Waals surface area (Å²) < 4.78 is 11.2. The molecular formula is C18H33NO4. The quantitative estimate of drug-likeness (QED) is 0.704. The van der Waals surface area contributed by atoms with E-state index in [4.69, 9.17) is 9.47 Å². The number of hydrogen-bond donors (Lipinski definition) is 2. The standard InChI is InChI=1S/C18H33NO4/c1-7-13(8-2)23-15-11-12(17(21)22-9-3)10-14(16(15)20)19-18(4,5)6/h11,13-16,19-20H,7-10H2,1-6H3/t14-,15+,16-/m0/s1. The Morgan fingerprint density at radius 1 is 1.35 bits per heavy atom. The topological polar surface area (TPSA) is 67.8 Å². The van der Waals surface area contributed by atoms with Gasteiger partial charge in [-0.05, 0) is 53.0 Å². The molecule has 1 rings (SSSR count). The summed E-state index contributed by atoms with van der Waals surface area (Å²) in [5.41, 5.74) is 0.414. The van der Waals surface area contributed by atoms with Crippen molar-refractivity contribution in [1.82, 2.24) is 5.32 Å². The van der Waals surface area contributed by atoms with Crippen LogP contribution in [0.5, 0.6) is 0 Å². The van der Waals surface area contributed by atoms with Crippen molar-refractivity contribution in [2.24, 2.45) is 0 Å². The molecule has 0 aromatic rings. The summed E-state index contributed by atoms with van der Waals surface area (Å²) in [6.07, 6.45) is 2.82. The highest BCUT2D eigenvalue weighted by Crippen LogP contribution is 2.26. The first-order valence-electron chi connectivity index (χ1n) is 8.70. The summed E-state index contributed by atoms with van der Waals surface area (Å²) in [5, 5.41) is 14.1. The number of esters is 1. The van der Waals surface area contributed by atoms with Crippen molar-refractivity contribution in [2.75, 3.05) is 6.61 Å². The molecule has 5 nitrogen and oxygen atoms in total. The molecule has 1 aliphatic rings. The van der Waals surface area contributed by atoms with E-state index >= 15 is 0 Å². The van der Waals surface area contributed by atoms with Crippen LogP contribution in [0.4, 0.5) is 0 Å². The van der Waals surface area contributed by atoms with Crippen molar-refractivity contribution < 1.29 is 19.4 Å². The molecule has 0 unspecified atom stereocenters. The fourth-order valence-electron chi connectivity index (χ4n) is 2.84. The highest BCUT2D eigenvalue weighted by atomic mass is 16.5. The zero-order valence-corrected chi connectivity index (χ0v) is 15.4. The predicted molar refractivity (Wildman–Crippen MR) is 91.3 cm³/mol. The van der Waals surface area contributed by atoms with Crippen LogP contribution >= 0.6 is 0 Å². The monoisotopic (exact) mass is 327 g/mol. The lowest BCUT2D eigenvalue weighted by atomic mass is 9.88. The maximum atomic E-state index is 12.1. The van der Waals surface area contributed by atoms with Crippen LogP contribution < -0.4 is 5.32 Å². The Labute approximate surface area is 140 Å². The lowest BCUT2D eigenvalue weighted by Crippen LogP contribution is -2.55. The Hall–Kier alpha value is -0.910. The van der Waals surface area contributed by atoms with Crippen LogP contribution in [0.1, 0.15) is 60.8 Å². The van der Waals surface area contributed by atoms with Gasteiger partial charge in [-0.1, -0.05) is 13.8 Å². The van der Waals surface area contributed by atoms with E-state index in [1.165, 1.54) is 0 Å². The Morgan fingerprint density at radius 2 is 1.96 bits per heavy atom. The zero-order chi connectivity index (χ0) is 17.6. The van der Waals surface area contributed by atoms with E-state index < -0.39 is 12.2 Å². The average molecular weight is 327 g/mol. The fraction of sp³-hybridized carbons (Fsp3) is 0.833. The van der Waals surface area contributed by atoms with Gasteiger partial charge in [-0.25, -0.2) is 4.79 Å². The molecule has 0 bridgehead atoms. The van der Waals surface area contributed by atoms with Gasteiger partial charge in [0.1, 0.15) is 6.10 Å². The molecule has 0 radical (unpaired) electrons. The molecule has 0 spiro atoms. The summed E-state index contributed by atoms with van der Waals surface area (Å²) in [4.78, 5) is 12.1. The molecule has 1 aliphatic carbocycles. The molecule has 0 fully saturated rings. The zero-order valence-electron chi connectivity index (χ0n) is 15.4. The Kier molecular flexibility index (Phi) is 7.71. The van der Waals surface area contributed by atoms with Gasteiger partial charge >= 0.3 is 5.97 Å². The maximum Gasteiger partial charge on any atom is 0.333 e. The molecule has 0 saturated heterocycles. The number of nitrogens with one attached hydrogen (secondary N) is 1. The van der Waals surface area contributed by atoms with E-state index in [-0.39, 0.29) is 23.7 Å². The number of carbonyl (C=O) groups excluding carboxylic acids is 1. The maximum absolute atomic E-state index is 12.1. The minimum Gasteiger partial charge on any atom is -0.463 e. The summed E-state index contributed by atoms with van der Waals surface area (Å²) in [5.74, 6) is -0.321. The van der Waals surface area contributed by atoms with Gasteiger partial charge in [-0.15, -0.1) is 0 Å². The van der Waals surface area contributed by atoms with Gasteiger partial charge < -0.3 is 19.9 Å². The Morgan fingerprint density at radius 3 is 2.43 bits per heavy atom. The second-order valence-electron chi connectivity index (χ2n) is 7.15. The van der Waals surface area contributed by atoms with Gasteiger partial charge in [0.15, 0.2) is 0 Å². The van der Waals surface area contributed by atoms with E-state index in [1.54, 1.807) is 13.0 Å². The molecular weight excluding hydrogens is 294 g/mol. The minimum atomic E-state index is -0.687. The summed E-state index contributed by atoms with van der Waals surface area (Å²) >= 11 is 0. The van der Waals surface area contributed by atoms with Crippen LogP contribution in [-0.2, 0) is 14.3 Å². The third-order valence-corrected chi connectivity index (χ3v) is 3.97. The van der Waals surface area contributed by atoms with Crippen LogP contribution in [0, 0.1) is 0 Å². The van der Waals surface area contributed by atoms with Crippen LogP contribution in [0.3, 0.4) is 0 Å². The molecule has 5 heteroatoms. The number of aliphatic hydroxyl groups excluding tert-OH is 1. The molecule has 23 heavy (non-hydrogen) atoms. The molecule has 0 heterocycles. The van der Waals surface area contributed by atoms with Crippen LogP contribution in [0.25, 0.3) is 0 Å². The molecule has 0 amide bonds. The van der Waals surface area contributed by atoms with Gasteiger partial charge in [0.05, 0.1) is 18.8 Å². The lowest BCUT2D eigenvalue weighted by Gasteiger charge is -2.38. The van der Waals surface area contributed by atoms with Crippen molar-refractivity contribution in [1.29, 1.82) is 0 Å². The number of carbonyl (C=O) groups is 1. The van der Waals surface area contributed by atoms with E-state index in [2.05, 4.69) is 19.2 Å². The molecule has 2 N–H and O–H groups in total. The highest BCUT2D eigenvalue weighted by molar-refractivity contribution is 5.89. The minimum absolute atomic E-state index is 0.0720. The molecule has 0 aromatic carbocycles. The second-order valence-corrected chi connectivity index (χ2v) is 7.15. The smallest absolute Gasteiger partial charge is 0.333 e. The number of rotatable bonds is 7. The van der Waals surface area contributed by atoms with Crippen molar-refractivity contribution >= 4 is 5.97 Å². The van der Waals surface area contributed by atoms with Crippen LogP contribution in [-0.4, -0.2) is 47.6 Å². The van der Waals surface area contributed by atoms with Gasteiger partial charge in [0.2, 0.25) is 0 Å². The summed E-state index contributed by atoms with van der Waals surface area (Å²) in [7, 11) is 0. The van der Waals surface area contributed by atoms with E-state index in [0.717, 1.165) is 12.8 Å². The molecule has 0 aliphatic heterocycles. The van der Waals surface area contributed by atoms with E-state index in [1.807, 2.05) is 20.8 Å². The number of hydrogen-bond acceptors (Lipinski definition) is 5. The SMILES string of the molecule is CCOC(=O)C1=C[C@@H](OC(CC)CC)[C@@H](O)[C@@H](NC(C)(C)C)C1. The first-order valence-corrected chi connectivity index (χ1v) is 8.70. The van der Waals surface area contributed by atoms with Crippen molar-refractivity contribution in [3.8, 4) is 0 Å². The van der Waals surface area contributed by atoms with E-state index in [9.17, 15) is 9.90 Å². The van der Waals surface area contributed by atoms with Crippen LogP contribution in [0.2, 0.25) is 0 Å². The molecule has 0 saturated carbocycles. The second kappa shape index (κ2) is 8.81. The average Bonchev–Trinajstić information content (AvgIpc) is 2.46. The van der Waals surface area contributed by atoms with Crippen molar-refractivity contribution in [3.05, 3.63) is 11.6 Å². The lowest BCUT2D eigenvalue weighted by molar-refractivity contribution is -0.139. The third kappa shape index (κ3) is 6.24. The molecule has 3 atom stereocenters. The Bertz CT molecular complexity index is 410. The first kappa shape index (κ1) is 20.1. The third-order valence-electron chi connectivity index (χ3n) is 3.97. The molecule has 134 valence electrons. The number of ether oxygens (including phenoxy) is 2. The summed E-state index contributed by atoms with van der Waals surface area (Å²) in [6.45, 7) is 12.4.